The molecule has 0 spiro atoms. The number of nitrogens with one attached hydrogen (secondary N) is 1. The van der Waals surface area contributed by atoms with Gasteiger partial charge < -0.3 is 10.1 Å². The zero-order valence-electron chi connectivity index (χ0n) is 10.8. The molecule has 90 valence electrons. The Balaban J connectivity index is 2.43. The topological polar surface area (TPSA) is 21.3 Å². The van der Waals surface area contributed by atoms with E-state index in [0.29, 0.717) is 12.1 Å². The fraction of sp³-hybridized carbons (Fsp3) is 1.00. The van der Waals surface area contributed by atoms with Crippen molar-refractivity contribution < 1.29 is 4.74 Å². The van der Waals surface area contributed by atoms with Gasteiger partial charge in [-0.2, -0.15) is 0 Å². The van der Waals surface area contributed by atoms with Crippen LogP contribution in [0.4, 0.5) is 0 Å². The van der Waals surface area contributed by atoms with Gasteiger partial charge in [-0.15, -0.1) is 0 Å². The number of ether oxygens (including phenoxy) is 1. The van der Waals surface area contributed by atoms with Crippen LogP contribution in [-0.4, -0.2) is 25.3 Å². The molecule has 0 amide bonds. The van der Waals surface area contributed by atoms with E-state index in [1.54, 1.807) is 0 Å². The van der Waals surface area contributed by atoms with Crippen molar-refractivity contribution in [3.05, 3.63) is 0 Å². The molecule has 0 aliphatic carbocycles. The molecule has 0 radical (unpaired) electrons. The normalized spacial score (nSPS) is 25.8. The minimum Gasteiger partial charge on any atom is -0.381 e. The average Bonchev–Trinajstić information content (AvgIpc) is 2.72. The molecule has 2 heteroatoms. The maximum Gasteiger partial charge on any atom is 0.0510 e. The molecule has 0 saturated carbocycles. The first kappa shape index (κ1) is 13.0. The summed E-state index contributed by atoms with van der Waals surface area (Å²) in [7, 11) is 0. The van der Waals surface area contributed by atoms with Gasteiger partial charge >= 0.3 is 0 Å². The zero-order chi connectivity index (χ0) is 11.3. The van der Waals surface area contributed by atoms with Gasteiger partial charge in [0, 0.05) is 18.7 Å². The van der Waals surface area contributed by atoms with Crippen LogP contribution in [0.3, 0.4) is 0 Å². The highest BCUT2D eigenvalue weighted by atomic mass is 16.5. The van der Waals surface area contributed by atoms with E-state index in [4.69, 9.17) is 4.74 Å². The van der Waals surface area contributed by atoms with Crippen LogP contribution in [-0.2, 0) is 4.74 Å². The fourth-order valence-corrected chi connectivity index (χ4v) is 2.51. The van der Waals surface area contributed by atoms with E-state index in [1.807, 2.05) is 0 Å². The molecule has 1 aliphatic rings. The molecular weight excluding hydrogens is 186 g/mol. The monoisotopic (exact) mass is 213 g/mol. The van der Waals surface area contributed by atoms with E-state index >= 15 is 0 Å². The highest BCUT2D eigenvalue weighted by Gasteiger charge is 2.26. The summed E-state index contributed by atoms with van der Waals surface area (Å²) in [5.74, 6) is 1.47. The lowest BCUT2D eigenvalue weighted by Gasteiger charge is -2.30. The van der Waals surface area contributed by atoms with Crippen LogP contribution in [0.1, 0.15) is 47.0 Å². The second kappa shape index (κ2) is 6.49. The zero-order valence-corrected chi connectivity index (χ0v) is 10.8. The molecule has 1 N–H and O–H groups in total. The Morgan fingerprint density at radius 2 is 2.00 bits per heavy atom. The van der Waals surface area contributed by atoms with Crippen molar-refractivity contribution in [2.75, 3.05) is 13.2 Å². The van der Waals surface area contributed by atoms with E-state index in [1.165, 1.54) is 19.3 Å². The van der Waals surface area contributed by atoms with Gasteiger partial charge in [0.1, 0.15) is 0 Å². The quantitative estimate of drug-likeness (QED) is 0.732. The molecule has 1 saturated heterocycles. The molecular formula is C13H27NO. The Morgan fingerprint density at radius 1 is 1.27 bits per heavy atom. The Hall–Kier alpha value is -0.0800. The lowest BCUT2D eigenvalue weighted by atomic mass is 9.93. The summed E-state index contributed by atoms with van der Waals surface area (Å²) in [6.45, 7) is 11.1. The van der Waals surface area contributed by atoms with Crippen molar-refractivity contribution in [2.45, 2.75) is 59.0 Å². The molecule has 1 heterocycles. The Morgan fingerprint density at radius 3 is 2.40 bits per heavy atom. The van der Waals surface area contributed by atoms with Crippen LogP contribution >= 0.6 is 0 Å². The third-order valence-electron chi connectivity index (χ3n) is 3.65. The van der Waals surface area contributed by atoms with Crippen molar-refractivity contribution in [1.29, 1.82) is 0 Å². The summed E-state index contributed by atoms with van der Waals surface area (Å²) in [5, 5.41) is 3.81. The summed E-state index contributed by atoms with van der Waals surface area (Å²) in [6.07, 6.45) is 3.68. The molecule has 2 nitrogen and oxygen atoms in total. The summed E-state index contributed by atoms with van der Waals surface area (Å²) >= 11 is 0. The molecule has 3 unspecified atom stereocenters. The lowest BCUT2D eigenvalue weighted by molar-refractivity contribution is 0.170. The predicted molar refractivity (Wildman–Crippen MR) is 65.1 cm³/mol. The first-order valence-electron chi connectivity index (χ1n) is 6.52. The lowest BCUT2D eigenvalue weighted by Crippen LogP contribution is -2.44. The summed E-state index contributed by atoms with van der Waals surface area (Å²) < 4.78 is 5.48. The van der Waals surface area contributed by atoms with E-state index < -0.39 is 0 Å². The molecule has 0 bridgehead atoms. The highest BCUT2D eigenvalue weighted by molar-refractivity contribution is 4.82. The third-order valence-corrected chi connectivity index (χ3v) is 3.65. The summed E-state index contributed by atoms with van der Waals surface area (Å²) in [6, 6.07) is 1.32. The van der Waals surface area contributed by atoms with Crippen molar-refractivity contribution in [3.63, 3.8) is 0 Å². The van der Waals surface area contributed by atoms with Gasteiger partial charge in [-0.05, 0) is 31.1 Å². The number of rotatable bonds is 6. The number of hydrogen-bond donors (Lipinski definition) is 1. The van der Waals surface area contributed by atoms with E-state index in [9.17, 15) is 0 Å². The minimum atomic E-state index is 0.653. The minimum absolute atomic E-state index is 0.653. The smallest absolute Gasteiger partial charge is 0.0510 e. The van der Waals surface area contributed by atoms with Crippen LogP contribution in [0.5, 0.6) is 0 Å². The SMILES string of the molecule is CCC(NC(CC)C1CCOC1)C(C)C. The highest BCUT2D eigenvalue weighted by Crippen LogP contribution is 2.20. The van der Waals surface area contributed by atoms with Gasteiger partial charge in [0.15, 0.2) is 0 Å². The van der Waals surface area contributed by atoms with Gasteiger partial charge in [-0.1, -0.05) is 27.7 Å². The molecule has 0 aromatic rings. The van der Waals surface area contributed by atoms with Gasteiger partial charge in [0.2, 0.25) is 0 Å². The van der Waals surface area contributed by atoms with Crippen molar-refractivity contribution in [1.82, 2.24) is 5.32 Å². The summed E-state index contributed by atoms with van der Waals surface area (Å²) in [5.41, 5.74) is 0. The van der Waals surface area contributed by atoms with E-state index in [2.05, 4.69) is 33.0 Å². The third kappa shape index (κ3) is 3.76. The molecule has 0 aromatic heterocycles. The first-order valence-corrected chi connectivity index (χ1v) is 6.52. The molecule has 0 aromatic carbocycles. The van der Waals surface area contributed by atoms with Crippen LogP contribution in [0.25, 0.3) is 0 Å². The van der Waals surface area contributed by atoms with Gasteiger partial charge in [0.25, 0.3) is 0 Å². The first-order chi connectivity index (χ1) is 7.19. The van der Waals surface area contributed by atoms with Crippen LogP contribution < -0.4 is 5.32 Å². The van der Waals surface area contributed by atoms with E-state index in [-0.39, 0.29) is 0 Å². The van der Waals surface area contributed by atoms with Crippen molar-refractivity contribution in [2.24, 2.45) is 11.8 Å². The Bertz CT molecular complexity index is 164. The van der Waals surface area contributed by atoms with Gasteiger partial charge in [0.05, 0.1) is 6.61 Å². The second-order valence-corrected chi connectivity index (χ2v) is 5.06. The summed E-state index contributed by atoms with van der Waals surface area (Å²) in [4.78, 5) is 0. The molecule has 1 fully saturated rings. The molecule has 15 heavy (non-hydrogen) atoms. The Kier molecular flexibility index (Phi) is 5.62. The maximum atomic E-state index is 5.48. The molecule has 3 atom stereocenters. The van der Waals surface area contributed by atoms with Crippen LogP contribution in [0, 0.1) is 11.8 Å². The Labute approximate surface area is 94.8 Å². The standard InChI is InChI=1S/C13H27NO/c1-5-12(10(3)4)14-13(6-2)11-7-8-15-9-11/h10-14H,5-9H2,1-4H3. The van der Waals surface area contributed by atoms with Crippen molar-refractivity contribution in [3.8, 4) is 0 Å². The van der Waals surface area contributed by atoms with Crippen LogP contribution in [0.2, 0.25) is 0 Å². The fourth-order valence-electron chi connectivity index (χ4n) is 2.51. The van der Waals surface area contributed by atoms with Gasteiger partial charge in [-0.25, -0.2) is 0 Å². The van der Waals surface area contributed by atoms with Gasteiger partial charge in [-0.3, -0.25) is 0 Å². The second-order valence-electron chi connectivity index (χ2n) is 5.06. The maximum absolute atomic E-state index is 5.48. The molecule has 1 aliphatic heterocycles. The average molecular weight is 213 g/mol. The van der Waals surface area contributed by atoms with E-state index in [0.717, 1.165) is 25.0 Å². The largest absolute Gasteiger partial charge is 0.381 e. The predicted octanol–water partition coefficient (Wildman–Crippen LogP) is 2.83. The van der Waals surface area contributed by atoms with Crippen LogP contribution in [0.15, 0.2) is 0 Å². The van der Waals surface area contributed by atoms with Crippen molar-refractivity contribution >= 4 is 0 Å². The number of hydrogen-bond acceptors (Lipinski definition) is 2. The molecule has 1 rings (SSSR count).